The minimum atomic E-state index is 0.0983. The molecule has 0 saturated heterocycles. The molecule has 104 valence electrons. The highest BCUT2D eigenvalue weighted by Crippen LogP contribution is 2.23. The quantitative estimate of drug-likeness (QED) is 0.711. The smallest absolute Gasteiger partial charge is 0.193 e. The zero-order chi connectivity index (χ0) is 14.7. The van der Waals surface area contributed by atoms with Crippen LogP contribution in [0.2, 0.25) is 0 Å². The van der Waals surface area contributed by atoms with E-state index in [4.69, 9.17) is 0 Å². The maximum atomic E-state index is 12.7. The molecule has 0 atom stereocenters. The minimum Gasteiger partial charge on any atom is -0.289 e. The Labute approximate surface area is 129 Å². The molecule has 0 aliphatic carbocycles. The van der Waals surface area contributed by atoms with E-state index in [2.05, 4.69) is 35.8 Å². The Hall–Kier alpha value is -1.41. The third-order valence-corrected chi connectivity index (χ3v) is 4.60. The van der Waals surface area contributed by atoms with Crippen molar-refractivity contribution < 1.29 is 4.79 Å². The van der Waals surface area contributed by atoms with E-state index < -0.39 is 0 Å². The topological polar surface area (TPSA) is 17.1 Å². The van der Waals surface area contributed by atoms with Crippen molar-refractivity contribution >= 4 is 21.7 Å². The van der Waals surface area contributed by atoms with Crippen LogP contribution in [0, 0.1) is 6.92 Å². The predicted molar refractivity (Wildman–Crippen MR) is 87.5 cm³/mol. The van der Waals surface area contributed by atoms with E-state index in [1.54, 1.807) is 0 Å². The molecule has 0 N–H and O–H groups in total. The van der Waals surface area contributed by atoms with Gasteiger partial charge in [0.15, 0.2) is 5.78 Å². The molecule has 2 aromatic carbocycles. The molecule has 0 aliphatic rings. The summed E-state index contributed by atoms with van der Waals surface area (Å²) in [5.41, 5.74) is 5.14. The Balaban J connectivity index is 2.46. The van der Waals surface area contributed by atoms with E-state index in [0.717, 1.165) is 34.0 Å². The lowest BCUT2D eigenvalue weighted by molar-refractivity contribution is 0.103. The van der Waals surface area contributed by atoms with Gasteiger partial charge in [0.1, 0.15) is 0 Å². The van der Waals surface area contributed by atoms with Crippen molar-refractivity contribution in [2.75, 3.05) is 0 Å². The summed E-state index contributed by atoms with van der Waals surface area (Å²) < 4.78 is 0.976. The number of hydrogen-bond donors (Lipinski definition) is 0. The number of halogens is 1. The fourth-order valence-electron chi connectivity index (χ4n) is 2.45. The lowest BCUT2D eigenvalue weighted by atomic mass is 9.94. The highest BCUT2D eigenvalue weighted by molar-refractivity contribution is 9.10. The highest BCUT2D eigenvalue weighted by Gasteiger charge is 2.14. The number of aryl methyl sites for hydroxylation is 2. The third-order valence-electron chi connectivity index (χ3n) is 3.74. The molecule has 0 aromatic heterocycles. The predicted octanol–water partition coefficient (Wildman–Crippen LogP) is 5.11. The van der Waals surface area contributed by atoms with Gasteiger partial charge in [0.25, 0.3) is 0 Å². The molecule has 0 fully saturated rings. The van der Waals surface area contributed by atoms with Gasteiger partial charge in [0.05, 0.1) is 0 Å². The Morgan fingerprint density at radius 2 is 1.75 bits per heavy atom. The molecule has 2 heteroatoms. The summed E-state index contributed by atoms with van der Waals surface area (Å²) in [7, 11) is 0. The summed E-state index contributed by atoms with van der Waals surface area (Å²) in [6, 6.07) is 11.8. The second-order valence-electron chi connectivity index (χ2n) is 4.93. The van der Waals surface area contributed by atoms with E-state index in [-0.39, 0.29) is 5.78 Å². The van der Waals surface area contributed by atoms with Gasteiger partial charge in [-0.15, -0.1) is 0 Å². The van der Waals surface area contributed by atoms with Crippen LogP contribution in [0.15, 0.2) is 40.9 Å². The molecule has 2 aromatic rings. The van der Waals surface area contributed by atoms with Gasteiger partial charge >= 0.3 is 0 Å². The second kappa shape index (κ2) is 6.36. The van der Waals surface area contributed by atoms with Crippen LogP contribution in [-0.4, -0.2) is 5.78 Å². The average Bonchev–Trinajstić information content (AvgIpc) is 2.48. The summed E-state index contributed by atoms with van der Waals surface area (Å²) in [5.74, 6) is 0.0983. The van der Waals surface area contributed by atoms with Gasteiger partial charge in [0.2, 0.25) is 0 Å². The second-order valence-corrected chi connectivity index (χ2v) is 5.79. The average molecular weight is 331 g/mol. The van der Waals surface area contributed by atoms with Crippen molar-refractivity contribution in [2.45, 2.75) is 33.6 Å². The van der Waals surface area contributed by atoms with Gasteiger partial charge in [0, 0.05) is 15.6 Å². The van der Waals surface area contributed by atoms with Crippen LogP contribution < -0.4 is 0 Å². The molecule has 0 aliphatic heterocycles. The number of rotatable bonds is 4. The van der Waals surface area contributed by atoms with Crippen LogP contribution in [0.1, 0.15) is 46.5 Å². The van der Waals surface area contributed by atoms with Crippen LogP contribution >= 0.6 is 15.9 Å². The molecule has 2 rings (SSSR count). The maximum Gasteiger partial charge on any atom is 0.193 e. The fourth-order valence-corrected chi connectivity index (χ4v) is 2.82. The lowest BCUT2D eigenvalue weighted by Gasteiger charge is -2.10. The largest absolute Gasteiger partial charge is 0.289 e. The summed E-state index contributed by atoms with van der Waals surface area (Å²) >= 11 is 3.49. The van der Waals surface area contributed by atoms with Gasteiger partial charge < -0.3 is 0 Å². The molecule has 0 bridgehead atoms. The molecule has 0 unspecified atom stereocenters. The van der Waals surface area contributed by atoms with Gasteiger partial charge in [-0.1, -0.05) is 54.0 Å². The normalized spacial score (nSPS) is 10.6. The first kappa shape index (κ1) is 15.0. The van der Waals surface area contributed by atoms with Crippen molar-refractivity contribution in [1.29, 1.82) is 0 Å². The van der Waals surface area contributed by atoms with Crippen LogP contribution in [0.25, 0.3) is 0 Å². The summed E-state index contributed by atoms with van der Waals surface area (Å²) in [4.78, 5) is 12.7. The first-order valence-corrected chi connectivity index (χ1v) is 7.79. The zero-order valence-corrected chi connectivity index (χ0v) is 13.8. The summed E-state index contributed by atoms with van der Waals surface area (Å²) in [6.45, 7) is 6.25. The van der Waals surface area contributed by atoms with E-state index in [9.17, 15) is 4.79 Å². The molecule has 0 heterocycles. The standard InChI is InChI=1S/C18H19BrO/c1-4-13-9-10-15(11-14(13)5-2)18(20)16-7-6-8-17(19)12(16)3/h6-11H,4-5H2,1-3H3. The number of carbonyl (C=O) groups excluding carboxylic acids is 1. The number of hydrogen-bond acceptors (Lipinski definition) is 1. The van der Waals surface area contributed by atoms with Crippen LogP contribution in [-0.2, 0) is 12.8 Å². The van der Waals surface area contributed by atoms with E-state index in [0.29, 0.717) is 0 Å². The van der Waals surface area contributed by atoms with Gasteiger partial charge in [-0.25, -0.2) is 0 Å². The highest BCUT2D eigenvalue weighted by atomic mass is 79.9. The van der Waals surface area contributed by atoms with Crippen molar-refractivity contribution in [3.8, 4) is 0 Å². The van der Waals surface area contributed by atoms with Crippen molar-refractivity contribution in [3.63, 3.8) is 0 Å². The van der Waals surface area contributed by atoms with E-state index >= 15 is 0 Å². The fraction of sp³-hybridized carbons (Fsp3) is 0.278. The van der Waals surface area contributed by atoms with Gasteiger partial charge in [-0.3, -0.25) is 4.79 Å². The molecule has 0 saturated carbocycles. The Bertz CT molecular complexity index is 644. The molecule has 0 radical (unpaired) electrons. The molecular weight excluding hydrogens is 312 g/mol. The van der Waals surface area contributed by atoms with Crippen molar-refractivity contribution in [1.82, 2.24) is 0 Å². The van der Waals surface area contributed by atoms with Crippen LogP contribution in [0.5, 0.6) is 0 Å². The third kappa shape index (κ3) is 2.85. The lowest BCUT2D eigenvalue weighted by Crippen LogP contribution is -2.05. The number of benzene rings is 2. The Morgan fingerprint density at radius 1 is 1.05 bits per heavy atom. The Morgan fingerprint density at radius 3 is 2.40 bits per heavy atom. The molecule has 1 nitrogen and oxygen atoms in total. The van der Waals surface area contributed by atoms with E-state index in [1.807, 2.05) is 37.3 Å². The van der Waals surface area contributed by atoms with E-state index in [1.165, 1.54) is 11.1 Å². The van der Waals surface area contributed by atoms with Crippen LogP contribution in [0.3, 0.4) is 0 Å². The monoisotopic (exact) mass is 330 g/mol. The maximum absolute atomic E-state index is 12.7. The first-order valence-electron chi connectivity index (χ1n) is 7.00. The van der Waals surface area contributed by atoms with Crippen molar-refractivity contribution in [2.24, 2.45) is 0 Å². The van der Waals surface area contributed by atoms with Crippen LogP contribution in [0.4, 0.5) is 0 Å². The zero-order valence-electron chi connectivity index (χ0n) is 12.2. The molecule has 20 heavy (non-hydrogen) atoms. The minimum absolute atomic E-state index is 0.0983. The summed E-state index contributed by atoms with van der Waals surface area (Å²) in [5, 5.41) is 0. The number of carbonyl (C=O) groups is 1. The molecular formula is C18H19BrO. The number of ketones is 1. The molecule has 0 spiro atoms. The van der Waals surface area contributed by atoms with Crippen molar-refractivity contribution in [3.05, 3.63) is 68.7 Å². The van der Waals surface area contributed by atoms with Gasteiger partial charge in [-0.2, -0.15) is 0 Å². The first-order chi connectivity index (χ1) is 9.58. The summed E-state index contributed by atoms with van der Waals surface area (Å²) in [6.07, 6.45) is 1.97. The Kier molecular flexibility index (Phi) is 4.77. The molecule has 0 amide bonds. The van der Waals surface area contributed by atoms with Gasteiger partial charge in [-0.05, 0) is 48.6 Å². The SMILES string of the molecule is CCc1ccc(C(=O)c2cccc(Br)c2C)cc1CC.